The van der Waals surface area contributed by atoms with Crippen LogP contribution in [0.25, 0.3) is 11.0 Å². The number of ether oxygens (including phenoxy) is 1. The minimum atomic E-state index is -0.320. The highest BCUT2D eigenvalue weighted by atomic mass is 16.5. The lowest BCUT2D eigenvalue weighted by atomic mass is 9.89. The molecular formula is C21H20N4O2. The second kappa shape index (κ2) is 6.60. The van der Waals surface area contributed by atoms with Crippen molar-refractivity contribution in [2.75, 3.05) is 7.11 Å². The van der Waals surface area contributed by atoms with E-state index in [0.29, 0.717) is 35.3 Å². The first kappa shape index (κ1) is 17.4. The summed E-state index contributed by atoms with van der Waals surface area (Å²) in [4.78, 5) is 26.0. The molecule has 0 aliphatic carbocycles. The van der Waals surface area contributed by atoms with Crippen LogP contribution in [0.15, 0.2) is 41.5 Å². The molecule has 1 atom stereocenters. The van der Waals surface area contributed by atoms with E-state index in [1.807, 2.05) is 38.1 Å². The van der Waals surface area contributed by atoms with E-state index in [1.165, 1.54) is 0 Å². The average Bonchev–Trinajstić information content (AvgIpc) is 3.12. The van der Waals surface area contributed by atoms with Crippen LogP contribution in [0.5, 0.6) is 0 Å². The largest absolute Gasteiger partial charge is 0.378 e. The third-order valence-electron chi connectivity index (χ3n) is 5.22. The number of fused-ring (bicyclic) bond motifs is 2. The number of methoxy groups -OCH3 is 1. The quantitative estimate of drug-likeness (QED) is 0.655. The molecule has 0 saturated heterocycles. The summed E-state index contributed by atoms with van der Waals surface area (Å²) in [5, 5.41) is 0. The monoisotopic (exact) mass is 360 g/mol. The van der Waals surface area contributed by atoms with Crippen LogP contribution in [0.2, 0.25) is 0 Å². The van der Waals surface area contributed by atoms with Crippen LogP contribution >= 0.6 is 0 Å². The Hall–Kier alpha value is -3.04. The van der Waals surface area contributed by atoms with Gasteiger partial charge in [0.1, 0.15) is 11.5 Å². The third kappa shape index (κ3) is 3.22. The molecule has 1 unspecified atom stereocenters. The topological polar surface area (TPSA) is 69.9 Å². The minimum Gasteiger partial charge on any atom is -0.378 e. The van der Waals surface area contributed by atoms with Crippen molar-refractivity contribution in [1.82, 2.24) is 19.5 Å². The summed E-state index contributed by atoms with van der Waals surface area (Å²) < 4.78 is 7.32. The van der Waals surface area contributed by atoms with Crippen molar-refractivity contribution in [2.24, 2.45) is 5.92 Å². The molecule has 6 nitrogen and oxygen atoms in total. The van der Waals surface area contributed by atoms with Gasteiger partial charge in [-0.25, -0.2) is 15.0 Å². The lowest BCUT2D eigenvalue weighted by molar-refractivity contribution is -0.0276. The maximum atomic E-state index is 12.8. The van der Waals surface area contributed by atoms with E-state index in [2.05, 4.69) is 21.8 Å². The molecule has 1 aliphatic rings. The van der Waals surface area contributed by atoms with Crippen LogP contribution < -0.4 is 5.56 Å². The molecule has 0 saturated carbocycles. The van der Waals surface area contributed by atoms with Crippen molar-refractivity contribution >= 4 is 11.0 Å². The molecule has 1 aliphatic heterocycles. The van der Waals surface area contributed by atoms with Crippen LogP contribution in [0.4, 0.5) is 0 Å². The lowest BCUT2D eigenvalue weighted by Crippen LogP contribution is -2.35. The van der Waals surface area contributed by atoms with Crippen LogP contribution in [0, 0.1) is 17.8 Å². The van der Waals surface area contributed by atoms with Gasteiger partial charge in [0.05, 0.1) is 11.1 Å². The van der Waals surface area contributed by atoms with Crippen molar-refractivity contribution in [3.63, 3.8) is 0 Å². The minimum absolute atomic E-state index is 0.103. The SMILES string of the molecule is COC(C)(C)C1Cc2nc3cc(C#Cc4ccccn4)cnc3c(=O)n2C1. The number of hydrogen-bond acceptors (Lipinski definition) is 5. The zero-order valence-corrected chi connectivity index (χ0v) is 15.6. The molecule has 0 aromatic carbocycles. The highest BCUT2D eigenvalue weighted by molar-refractivity contribution is 5.74. The van der Waals surface area contributed by atoms with Crippen molar-refractivity contribution < 1.29 is 4.74 Å². The Bertz CT molecular complexity index is 1120. The van der Waals surface area contributed by atoms with Gasteiger partial charge in [-0.3, -0.25) is 9.36 Å². The Morgan fingerprint density at radius 2 is 2.11 bits per heavy atom. The van der Waals surface area contributed by atoms with E-state index < -0.39 is 0 Å². The fourth-order valence-corrected chi connectivity index (χ4v) is 3.27. The standard InChI is InChI=1S/C21H20N4O2/c1-21(2,27-3)15-11-18-24-17-10-14(7-8-16-6-4-5-9-22-16)12-23-19(17)20(26)25(18)13-15/h4-6,9-10,12,15H,11,13H2,1-3H3. The summed E-state index contributed by atoms with van der Waals surface area (Å²) in [6, 6.07) is 7.39. The van der Waals surface area contributed by atoms with Crippen molar-refractivity contribution in [3.8, 4) is 11.8 Å². The molecule has 0 radical (unpaired) electrons. The summed E-state index contributed by atoms with van der Waals surface area (Å²) in [6.07, 6.45) is 4.02. The van der Waals surface area contributed by atoms with E-state index in [9.17, 15) is 4.79 Å². The predicted octanol–water partition coefficient (Wildman–Crippen LogP) is 2.18. The van der Waals surface area contributed by atoms with E-state index in [4.69, 9.17) is 9.72 Å². The van der Waals surface area contributed by atoms with E-state index in [-0.39, 0.29) is 17.1 Å². The highest BCUT2D eigenvalue weighted by Crippen LogP contribution is 2.30. The van der Waals surface area contributed by atoms with Gasteiger partial charge in [0.15, 0.2) is 5.52 Å². The Morgan fingerprint density at radius 3 is 2.85 bits per heavy atom. The van der Waals surface area contributed by atoms with Crippen LogP contribution in [-0.4, -0.2) is 32.2 Å². The van der Waals surface area contributed by atoms with Gasteiger partial charge in [-0.1, -0.05) is 12.0 Å². The van der Waals surface area contributed by atoms with Crippen molar-refractivity contribution in [3.05, 3.63) is 64.1 Å². The van der Waals surface area contributed by atoms with Gasteiger partial charge < -0.3 is 4.74 Å². The zero-order valence-electron chi connectivity index (χ0n) is 15.6. The maximum Gasteiger partial charge on any atom is 0.280 e. The average molecular weight is 360 g/mol. The first-order chi connectivity index (χ1) is 13.0. The number of nitrogens with zero attached hydrogens (tertiary/aromatic N) is 4. The van der Waals surface area contributed by atoms with Gasteiger partial charge in [-0.05, 0) is 38.0 Å². The lowest BCUT2D eigenvalue weighted by Gasteiger charge is -2.29. The van der Waals surface area contributed by atoms with Gasteiger partial charge >= 0.3 is 0 Å². The molecule has 3 aromatic heterocycles. The van der Waals surface area contributed by atoms with E-state index >= 15 is 0 Å². The van der Waals surface area contributed by atoms with Gasteiger partial charge in [0, 0.05) is 44.0 Å². The maximum absolute atomic E-state index is 12.8. The molecule has 27 heavy (non-hydrogen) atoms. The van der Waals surface area contributed by atoms with Crippen molar-refractivity contribution in [1.29, 1.82) is 0 Å². The normalized spacial score (nSPS) is 16.0. The van der Waals surface area contributed by atoms with Gasteiger partial charge in [-0.15, -0.1) is 0 Å². The molecule has 4 heterocycles. The fourth-order valence-electron chi connectivity index (χ4n) is 3.27. The van der Waals surface area contributed by atoms with E-state index in [0.717, 1.165) is 5.82 Å². The summed E-state index contributed by atoms with van der Waals surface area (Å²) >= 11 is 0. The Morgan fingerprint density at radius 1 is 1.26 bits per heavy atom. The van der Waals surface area contributed by atoms with Gasteiger partial charge in [0.25, 0.3) is 5.56 Å². The Balaban J connectivity index is 1.72. The number of pyridine rings is 2. The number of rotatable bonds is 2. The van der Waals surface area contributed by atoms with Crippen LogP contribution in [-0.2, 0) is 17.7 Å². The Kier molecular flexibility index (Phi) is 4.25. The first-order valence-corrected chi connectivity index (χ1v) is 8.85. The third-order valence-corrected chi connectivity index (χ3v) is 5.22. The summed E-state index contributed by atoms with van der Waals surface area (Å²) in [5.41, 5.74) is 1.92. The summed E-state index contributed by atoms with van der Waals surface area (Å²) in [5.74, 6) is 7.01. The molecule has 0 N–H and O–H groups in total. The molecule has 0 amide bonds. The number of aromatic nitrogens is 4. The second-order valence-corrected chi connectivity index (χ2v) is 7.21. The molecule has 3 aromatic rings. The highest BCUT2D eigenvalue weighted by Gasteiger charge is 2.36. The molecule has 4 rings (SSSR count). The second-order valence-electron chi connectivity index (χ2n) is 7.21. The Labute approximate surface area is 157 Å². The van der Waals surface area contributed by atoms with Crippen molar-refractivity contribution in [2.45, 2.75) is 32.4 Å². The number of hydrogen-bond donors (Lipinski definition) is 0. The zero-order chi connectivity index (χ0) is 19.0. The molecule has 0 bridgehead atoms. The molecule has 136 valence electrons. The molecule has 0 fully saturated rings. The van der Waals surface area contributed by atoms with Gasteiger partial charge in [-0.2, -0.15) is 0 Å². The first-order valence-electron chi connectivity index (χ1n) is 8.85. The molecular weight excluding hydrogens is 340 g/mol. The predicted molar refractivity (Wildman–Crippen MR) is 102 cm³/mol. The smallest absolute Gasteiger partial charge is 0.280 e. The summed E-state index contributed by atoms with van der Waals surface area (Å²) in [7, 11) is 1.70. The summed E-state index contributed by atoms with van der Waals surface area (Å²) in [6.45, 7) is 4.68. The van der Waals surface area contributed by atoms with Crippen LogP contribution in [0.1, 0.15) is 30.9 Å². The van der Waals surface area contributed by atoms with Crippen LogP contribution in [0.3, 0.4) is 0 Å². The molecule has 6 heteroatoms. The molecule has 0 spiro atoms. The van der Waals surface area contributed by atoms with E-state index in [1.54, 1.807) is 24.1 Å². The van der Waals surface area contributed by atoms with Gasteiger partial charge in [0.2, 0.25) is 0 Å². The fraction of sp³-hybridized carbons (Fsp3) is 0.333.